The molecule has 5 rings (SSSR count). The lowest BCUT2D eigenvalue weighted by Crippen LogP contribution is -2.48. The Balaban J connectivity index is 1.49. The van der Waals surface area contributed by atoms with Gasteiger partial charge in [0.1, 0.15) is 5.76 Å². The number of aryl methyl sites for hydroxylation is 1. The highest BCUT2D eigenvalue weighted by molar-refractivity contribution is 7.96. The molecule has 204 valence electrons. The number of nitrogens with zero attached hydrogens (tertiary/aromatic N) is 1. The second kappa shape index (κ2) is 9.65. The van der Waals surface area contributed by atoms with E-state index in [2.05, 4.69) is 0 Å². The zero-order chi connectivity index (χ0) is 26.6. The van der Waals surface area contributed by atoms with Crippen LogP contribution in [0.1, 0.15) is 64.0 Å². The van der Waals surface area contributed by atoms with Crippen LogP contribution in [-0.2, 0) is 31.8 Å². The smallest absolute Gasteiger partial charge is 0.270 e. The standard InChI is InChI=1S/C28H37F2NO5S/c1-18-12-25(36-17-20-7-10-35-11-8-20)22(16-32)14-26(18)37(33,34)31-24-5-4-23(27(3,29)30)13-21(24)6-9-28(31)15-19(28)2/h4-5,13-14,18-20,32H,6-12,15-17H2,1-3H3/t18?,19-,28?/m0/s1. The number of halogens is 2. The van der Waals surface area contributed by atoms with Crippen molar-refractivity contribution < 1.29 is 31.8 Å². The van der Waals surface area contributed by atoms with Gasteiger partial charge in [-0.15, -0.1) is 0 Å². The van der Waals surface area contributed by atoms with Crippen molar-refractivity contribution in [3.05, 3.63) is 51.6 Å². The first-order chi connectivity index (χ1) is 17.5. The fourth-order valence-corrected chi connectivity index (χ4v) is 8.53. The second-order valence-electron chi connectivity index (χ2n) is 11.3. The highest BCUT2D eigenvalue weighted by Crippen LogP contribution is 2.58. The lowest BCUT2D eigenvalue weighted by Gasteiger charge is -2.41. The topological polar surface area (TPSA) is 76.1 Å². The van der Waals surface area contributed by atoms with Crippen molar-refractivity contribution >= 4 is 15.7 Å². The van der Waals surface area contributed by atoms with Gasteiger partial charge in [0.15, 0.2) is 0 Å². The minimum atomic E-state index is -3.99. The van der Waals surface area contributed by atoms with Gasteiger partial charge in [-0.05, 0) is 67.7 Å². The predicted octanol–water partition coefficient (Wildman–Crippen LogP) is 5.27. The molecular formula is C28H37F2NO5S. The molecule has 1 saturated heterocycles. The van der Waals surface area contributed by atoms with Gasteiger partial charge in [0, 0.05) is 43.6 Å². The first-order valence-corrected chi connectivity index (χ1v) is 14.7. The van der Waals surface area contributed by atoms with Crippen molar-refractivity contribution in [2.24, 2.45) is 17.8 Å². The Hall–Kier alpha value is -1.97. The van der Waals surface area contributed by atoms with Crippen LogP contribution in [-0.4, -0.2) is 45.5 Å². The third kappa shape index (κ3) is 4.83. The monoisotopic (exact) mass is 537 g/mol. The molecule has 2 aliphatic heterocycles. The van der Waals surface area contributed by atoms with E-state index < -0.39 is 21.5 Å². The molecule has 1 aromatic carbocycles. The first kappa shape index (κ1) is 26.6. The van der Waals surface area contributed by atoms with Gasteiger partial charge in [0.2, 0.25) is 0 Å². The van der Waals surface area contributed by atoms with Crippen molar-refractivity contribution in [1.82, 2.24) is 0 Å². The molecule has 6 nitrogen and oxygen atoms in total. The van der Waals surface area contributed by atoms with E-state index in [4.69, 9.17) is 9.47 Å². The van der Waals surface area contributed by atoms with Crippen LogP contribution in [0.4, 0.5) is 14.5 Å². The van der Waals surface area contributed by atoms with Crippen LogP contribution in [0.5, 0.6) is 0 Å². The summed E-state index contributed by atoms with van der Waals surface area (Å²) in [7, 11) is -3.99. The second-order valence-corrected chi connectivity index (χ2v) is 13.1. The third-order valence-corrected chi connectivity index (χ3v) is 10.8. The lowest BCUT2D eigenvalue weighted by atomic mass is 9.92. The van der Waals surface area contributed by atoms with E-state index in [0.717, 1.165) is 26.2 Å². The van der Waals surface area contributed by atoms with Crippen molar-refractivity contribution in [3.8, 4) is 0 Å². The van der Waals surface area contributed by atoms with Crippen molar-refractivity contribution in [3.63, 3.8) is 0 Å². The number of benzene rings is 1. The fraction of sp³-hybridized carbons (Fsp3) is 0.643. The maximum Gasteiger partial charge on any atom is 0.270 e. The number of fused-ring (bicyclic) bond motifs is 1. The van der Waals surface area contributed by atoms with Gasteiger partial charge in [-0.2, -0.15) is 0 Å². The summed E-state index contributed by atoms with van der Waals surface area (Å²) in [6, 6.07) is 4.34. The Labute approximate surface area is 218 Å². The van der Waals surface area contributed by atoms with Crippen LogP contribution in [0.15, 0.2) is 40.5 Å². The van der Waals surface area contributed by atoms with E-state index in [0.29, 0.717) is 67.6 Å². The Kier molecular flexibility index (Phi) is 6.94. The normalized spacial score (nSPS) is 28.8. The van der Waals surface area contributed by atoms with E-state index in [9.17, 15) is 22.3 Å². The van der Waals surface area contributed by atoms with Gasteiger partial charge in [-0.1, -0.05) is 19.9 Å². The number of aliphatic hydroxyl groups is 1. The van der Waals surface area contributed by atoms with Crippen LogP contribution in [0, 0.1) is 17.8 Å². The Morgan fingerprint density at radius 2 is 1.95 bits per heavy atom. The van der Waals surface area contributed by atoms with Gasteiger partial charge in [-0.3, -0.25) is 4.31 Å². The summed E-state index contributed by atoms with van der Waals surface area (Å²) in [5, 5.41) is 10.1. The average molecular weight is 538 g/mol. The number of hydrogen-bond donors (Lipinski definition) is 1. The first-order valence-electron chi connectivity index (χ1n) is 13.3. The van der Waals surface area contributed by atoms with Crippen LogP contribution in [0.25, 0.3) is 0 Å². The molecule has 1 spiro atoms. The van der Waals surface area contributed by atoms with E-state index in [1.807, 2.05) is 13.8 Å². The van der Waals surface area contributed by atoms with Gasteiger partial charge >= 0.3 is 0 Å². The van der Waals surface area contributed by atoms with Crippen LogP contribution < -0.4 is 4.31 Å². The van der Waals surface area contributed by atoms with Gasteiger partial charge in [-0.25, -0.2) is 17.2 Å². The molecule has 1 N–H and O–H groups in total. The van der Waals surface area contributed by atoms with E-state index in [-0.39, 0.29) is 28.9 Å². The molecule has 3 atom stereocenters. The maximum atomic E-state index is 14.3. The molecular weight excluding hydrogens is 500 g/mol. The minimum Gasteiger partial charge on any atom is -0.497 e. The minimum absolute atomic E-state index is 0.106. The number of aliphatic hydroxyl groups excluding tert-OH is 1. The molecule has 2 heterocycles. The highest BCUT2D eigenvalue weighted by Gasteiger charge is 2.61. The SMILES string of the molecule is CC1CC(OCC2CCOCC2)=C(CO)C=C1S(=O)(=O)N1c2ccc(C(C)(F)F)cc2CCC12C[C@@H]2C. The number of ether oxygens (including phenoxy) is 2. The van der Waals surface area contributed by atoms with Crippen molar-refractivity contribution in [2.45, 2.75) is 70.8 Å². The zero-order valence-corrected chi connectivity index (χ0v) is 22.6. The van der Waals surface area contributed by atoms with Crippen LogP contribution in [0.3, 0.4) is 0 Å². The molecule has 0 amide bonds. The molecule has 1 aromatic rings. The molecule has 1 saturated carbocycles. The highest BCUT2D eigenvalue weighted by atomic mass is 32.2. The largest absolute Gasteiger partial charge is 0.497 e. The molecule has 4 aliphatic rings. The summed E-state index contributed by atoms with van der Waals surface area (Å²) in [6.07, 6.45) is 5.71. The summed E-state index contributed by atoms with van der Waals surface area (Å²) in [5.41, 5.74) is 0.971. The Morgan fingerprint density at radius 1 is 1.24 bits per heavy atom. The van der Waals surface area contributed by atoms with Gasteiger partial charge in [0.05, 0.1) is 29.3 Å². The quantitative estimate of drug-likeness (QED) is 0.513. The summed E-state index contributed by atoms with van der Waals surface area (Å²) in [5.74, 6) is -2.15. The predicted molar refractivity (Wildman–Crippen MR) is 138 cm³/mol. The third-order valence-electron chi connectivity index (χ3n) is 8.65. The van der Waals surface area contributed by atoms with Crippen LogP contribution >= 0.6 is 0 Å². The number of sulfonamides is 1. The maximum absolute atomic E-state index is 14.3. The molecule has 0 aromatic heterocycles. The summed E-state index contributed by atoms with van der Waals surface area (Å²) in [4.78, 5) is 0.242. The Bertz CT molecular complexity index is 1220. The fourth-order valence-electron chi connectivity index (χ4n) is 6.18. The molecule has 9 heteroatoms. The molecule has 0 radical (unpaired) electrons. The van der Waals surface area contributed by atoms with Crippen molar-refractivity contribution in [2.75, 3.05) is 30.7 Å². The molecule has 2 aliphatic carbocycles. The molecule has 2 fully saturated rings. The average Bonchev–Trinajstić information content (AvgIpc) is 3.50. The molecule has 37 heavy (non-hydrogen) atoms. The van der Waals surface area contributed by atoms with Gasteiger partial charge < -0.3 is 14.6 Å². The summed E-state index contributed by atoms with van der Waals surface area (Å²) >= 11 is 0. The van der Waals surface area contributed by atoms with Gasteiger partial charge in [0.25, 0.3) is 15.9 Å². The number of allylic oxidation sites excluding steroid dienone is 2. The summed E-state index contributed by atoms with van der Waals surface area (Å²) < 4.78 is 69.8. The number of anilines is 1. The lowest BCUT2D eigenvalue weighted by molar-refractivity contribution is 0.0174. The zero-order valence-electron chi connectivity index (χ0n) is 21.8. The van der Waals surface area contributed by atoms with Crippen LogP contribution in [0.2, 0.25) is 0 Å². The van der Waals surface area contributed by atoms with Crippen molar-refractivity contribution in [1.29, 1.82) is 0 Å². The number of alkyl halides is 2. The Morgan fingerprint density at radius 3 is 2.57 bits per heavy atom. The number of rotatable bonds is 7. The van der Waals surface area contributed by atoms with E-state index >= 15 is 0 Å². The van der Waals surface area contributed by atoms with E-state index in [1.165, 1.54) is 16.4 Å². The van der Waals surface area contributed by atoms with E-state index in [1.54, 1.807) is 12.1 Å². The summed E-state index contributed by atoms with van der Waals surface area (Å²) in [6.45, 7) is 6.40. The number of hydrogen-bond acceptors (Lipinski definition) is 5. The molecule has 2 unspecified atom stereocenters. The molecule has 0 bridgehead atoms.